The van der Waals surface area contributed by atoms with Crippen LogP contribution in [0.3, 0.4) is 0 Å². The molecule has 0 aliphatic carbocycles. The van der Waals surface area contributed by atoms with Crippen molar-refractivity contribution in [2.75, 3.05) is 0 Å². The van der Waals surface area contributed by atoms with Gasteiger partial charge in [0, 0.05) is 23.8 Å². The van der Waals surface area contributed by atoms with Crippen molar-refractivity contribution in [2.45, 2.75) is 65.1 Å². The number of carbonyl (C=O) groups is 1. The molecule has 2 aromatic carbocycles. The number of hydrogen-bond acceptors (Lipinski definition) is 5. The molecular formula is C25H32N6O. The van der Waals surface area contributed by atoms with E-state index < -0.39 is 0 Å². The number of unbranched alkanes of at least 4 members (excludes halogenated alkanes) is 2. The highest BCUT2D eigenvalue weighted by molar-refractivity contribution is 5.86. The highest BCUT2D eigenvalue weighted by atomic mass is 16.2. The maximum absolute atomic E-state index is 12.6. The molecule has 2 unspecified atom stereocenters. The zero-order valence-corrected chi connectivity index (χ0v) is 19.1. The van der Waals surface area contributed by atoms with E-state index >= 15 is 0 Å². The molecule has 1 aromatic heterocycles. The van der Waals surface area contributed by atoms with Gasteiger partial charge < -0.3 is 0 Å². The Morgan fingerprint density at radius 3 is 2.81 bits per heavy atom. The number of carbonyl (C=O) groups excluding carboxylic acids is 1. The number of amides is 1. The summed E-state index contributed by atoms with van der Waals surface area (Å²) in [6.07, 6.45) is 5.86. The molecule has 1 saturated heterocycles. The van der Waals surface area contributed by atoms with E-state index in [9.17, 15) is 4.79 Å². The van der Waals surface area contributed by atoms with Crippen molar-refractivity contribution < 1.29 is 4.79 Å². The minimum Gasteiger partial charge on any atom is -0.271 e. The number of fused-ring (bicyclic) bond motifs is 1. The Kier molecular flexibility index (Phi) is 6.97. The van der Waals surface area contributed by atoms with Crippen molar-refractivity contribution >= 4 is 22.9 Å². The molecule has 0 bridgehead atoms. The number of hydrogen-bond donors (Lipinski definition) is 3. The fraction of sp³-hybridized carbons (Fsp3) is 0.400. The van der Waals surface area contributed by atoms with Crippen LogP contribution in [0.25, 0.3) is 10.8 Å². The average molecular weight is 433 g/mol. The molecule has 0 radical (unpaired) electrons. The van der Waals surface area contributed by atoms with Crippen LogP contribution in [0, 0.1) is 13.8 Å². The van der Waals surface area contributed by atoms with Crippen LogP contribution in [-0.4, -0.2) is 27.9 Å². The molecule has 7 heteroatoms. The normalized spacial score (nSPS) is 18.6. The fourth-order valence-corrected chi connectivity index (χ4v) is 4.24. The summed E-state index contributed by atoms with van der Waals surface area (Å²) in [5, 5.41) is 11.2. The van der Waals surface area contributed by atoms with E-state index in [1.54, 1.807) is 6.21 Å². The van der Waals surface area contributed by atoms with Crippen molar-refractivity contribution in [2.24, 2.45) is 5.10 Å². The van der Waals surface area contributed by atoms with Crippen LogP contribution in [-0.2, 0) is 11.3 Å². The van der Waals surface area contributed by atoms with E-state index in [4.69, 9.17) is 0 Å². The Bertz CT molecular complexity index is 1120. The second kappa shape index (κ2) is 10.1. The van der Waals surface area contributed by atoms with Crippen molar-refractivity contribution in [1.29, 1.82) is 0 Å². The van der Waals surface area contributed by atoms with Gasteiger partial charge in [0.2, 0.25) is 0 Å². The van der Waals surface area contributed by atoms with Crippen molar-refractivity contribution in [3.63, 3.8) is 0 Å². The van der Waals surface area contributed by atoms with Crippen molar-refractivity contribution in [3.8, 4) is 0 Å². The molecule has 3 aromatic rings. The molecule has 2 heterocycles. The van der Waals surface area contributed by atoms with E-state index in [-0.39, 0.29) is 18.0 Å². The van der Waals surface area contributed by atoms with Crippen molar-refractivity contribution in [3.05, 3.63) is 65.0 Å². The Balaban J connectivity index is 1.34. The molecule has 1 aliphatic rings. The molecule has 1 aliphatic heterocycles. The molecule has 168 valence electrons. The van der Waals surface area contributed by atoms with Crippen LogP contribution in [0.5, 0.6) is 0 Å². The largest absolute Gasteiger partial charge is 0.271 e. The van der Waals surface area contributed by atoms with Gasteiger partial charge in [-0.05, 0) is 49.1 Å². The molecule has 3 N–H and O–H groups in total. The first kappa shape index (κ1) is 22.2. The lowest BCUT2D eigenvalue weighted by molar-refractivity contribution is -0.122. The Morgan fingerprint density at radius 2 is 2.00 bits per heavy atom. The third-order valence-corrected chi connectivity index (χ3v) is 6.17. The zero-order valence-electron chi connectivity index (χ0n) is 19.1. The topological polar surface area (TPSA) is 83.3 Å². The standard InChI is InChI=1S/C25H32N6O/c1-4-5-8-13-31-18(3)22(17(2)30-31)16-26-29-25(32)24-15-23(27-28-24)21-12-11-19-9-6-7-10-20(19)14-21/h6-7,9-12,14,16,23-24,27-28H,4-5,8,13,15H2,1-3H3,(H,29,32)/b26-16-. The van der Waals surface area contributed by atoms with Crippen LogP contribution in [0.15, 0.2) is 47.6 Å². The Morgan fingerprint density at radius 1 is 1.19 bits per heavy atom. The molecule has 1 fully saturated rings. The average Bonchev–Trinajstić information content (AvgIpc) is 3.40. The van der Waals surface area contributed by atoms with Crippen LogP contribution in [0.2, 0.25) is 0 Å². The highest BCUT2D eigenvalue weighted by Gasteiger charge is 2.30. The summed E-state index contributed by atoms with van der Waals surface area (Å²) in [7, 11) is 0. The highest BCUT2D eigenvalue weighted by Crippen LogP contribution is 2.25. The molecule has 1 amide bonds. The SMILES string of the molecule is CCCCCn1nc(C)c(/C=N\NC(=O)C2CC(c3ccc4ccccc4c3)NN2)c1C. The number of aryl methyl sites for hydroxylation is 2. The number of nitrogens with one attached hydrogen (secondary N) is 3. The number of aromatic nitrogens is 2. The molecule has 4 rings (SSSR count). The third kappa shape index (κ3) is 4.89. The smallest absolute Gasteiger partial charge is 0.258 e. The summed E-state index contributed by atoms with van der Waals surface area (Å²) in [6.45, 7) is 7.13. The molecule has 7 nitrogen and oxygen atoms in total. The lowest BCUT2D eigenvalue weighted by atomic mass is 9.99. The zero-order chi connectivity index (χ0) is 22.5. The molecule has 32 heavy (non-hydrogen) atoms. The van der Waals surface area contributed by atoms with Crippen LogP contribution in [0.1, 0.15) is 61.2 Å². The molecule has 2 atom stereocenters. The van der Waals surface area contributed by atoms with E-state index in [2.05, 4.69) is 63.7 Å². The summed E-state index contributed by atoms with van der Waals surface area (Å²) >= 11 is 0. The van der Waals surface area contributed by atoms with Gasteiger partial charge in [-0.1, -0.05) is 56.2 Å². The van der Waals surface area contributed by atoms with Gasteiger partial charge in [-0.3, -0.25) is 9.48 Å². The summed E-state index contributed by atoms with van der Waals surface area (Å²) in [5.41, 5.74) is 13.2. The first-order valence-electron chi connectivity index (χ1n) is 11.4. The second-order valence-corrected chi connectivity index (χ2v) is 8.49. The number of nitrogens with zero attached hydrogens (tertiary/aromatic N) is 3. The minimum absolute atomic E-state index is 0.0742. The number of rotatable bonds is 8. The predicted octanol–water partition coefficient (Wildman–Crippen LogP) is 3.90. The maximum Gasteiger partial charge on any atom is 0.258 e. The Labute approximate surface area is 189 Å². The second-order valence-electron chi connectivity index (χ2n) is 8.49. The van der Waals surface area contributed by atoms with Gasteiger partial charge in [0.05, 0.1) is 11.9 Å². The summed E-state index contributed by atoms with van der Waals surface area (Å²) in [5.74, 6) is -0.150. The summed E-state index contributed by atoms with van der Waals surface area (Å²) < 4.78 is 2.03. The summed E-state index contributed by atoms with van der Waals surface area (Å²) in [6, 6.07) is 14.4. The number of benzene rings is 2. The van der Waals surface area contributed by atoms with Gasteiger partial charge >= 0.3 is 0 Å². The minimum atomic E-state index is -0.345. The van der Waals surface area contributed by atoms with E-state index in [0.29, 0.717) is 6.42 Å². The first-order chi connectivity index (χ1) is 15.6. The van der Waals surface area contributed by atoms with Gasteiger partial charge in [0.15, 0.2) is 0 Å². The van der Waals surface area contributed by atoms with Crippen LogP contribution in [0.4, 0.5) is 0 Å². The van der Waals surface area contributed by atoms with Gasteiger partial charge in [-0.25, -0.2) is 16.3 Å². The van der Waals surface area contributed by atoms with E-state index in [1.165, 1.54) is 23.6 Å². The quantitative estimate of drug-likeness (QED) is 0.286. The van der Waals surface area contributed by atoms with E-state index in [1.807, 2.05) is 30.7 Å². The van der Waals surface area contributed by atoms with Gasteiger partial charge in [0.1, 0.15) is 6.04 Å². The number of hydrazine groups is 1. The number of hydrazone groups is 1. The summed E-state index contributed by atoms with van der Waals surface area (Å²) in [4.78, 5) is 12.6. The van der Waals surface area contributed by atoms with E-state index in [0.717, 1.165) is 35.5 Å². The first-order valence-corrected chi connectivity index (χ1v) is 11.4. The monoisotopic (exact) mass is 432 g/mol. The third-order valence-electron chi connectivity index (χ3n) is 6.17. The lowest BCUT2D eigenvalue weighted by Gasteiger charge is -2.10. The van der Waals surface area contributed by atoms with Crippen LogP contribution < -0.4 is 16.3 Å². The van der Waals surface area contributed by atoms with Crippen LogP contribution >= 0.6 is 0 Å². The lowest BCUT2D eigenvalue weighted by Crippen LogP contribution is -2.41. The van der Waals surface area contributed by atoms with Gasteiger partial charge in [-0.15, -0.1) is 0 Å². The fourth-order valence-electron chi connectivity index (χ4n) is 4.24. The Hall–Kier alpha value is -3.03. The van der Waals surface area contributed by atoms with Crippen molar-refractivity contribution in [1.82, 2.24) is 26.1 Å². The molecular weight excluding hydrogens is 400 g/mol. The molecule has 0 saturated carbocycles. The molecule has 0 spiro atoms. The van der Waals surface area contributed by atoms with Gasteiger partial charge in [-0.2, -0.15) is 10.2 Å². The van der Waals surface area contributed by atoms with Gasteiger partial charge in [0.25, 0.3) is 5.91 Å². The maximum atomic E-state index is 12.6. The predicted molar refractivity (Wildman–Crippen MR) is 128 cm³/mol.